The number of nitrogens with zero attached hydrogens (tertiary/aromatic N) is 1. The lowest BCUT2D eigenvalue weighted by molar-refractivity contribution is 0.0587. The van der Waals surface area contributed by atoms with Gasteiger partial charge in [0.2, 0.25) is 0 Å². The molecule has 1 heterocycles. The molecule has 0 saturated carbocycles. The minimum absolute atomic E-state index is 0.0646. The average molecular weight is 318 g/mol. The number of ether oxygens (including phenoxy) is 3. The molecule has 1 fully saturated rings. The van der Waals surface area contributed by atoms with Crippen LogP contribution in [-0.4, -0.2) is 45.4 Å². The summed E-state index contributed by atoms with van der Waals surface area (Å²) in [7, 11) is 2.50. The van der Waals surface area contributed by atoms with E-state index in [0.717, 1.165) is 12.8 Å². The van der Waals surface area contributed by atoms with Crippen molar-refractivity contribution in [3.63, 3.8) is 0 Å². The molecule has 23 heavy (non-hydrogen) atoms. The average Bonchev–Trinajstić information content (AvgIpc) is 2.60. The minimum Gasteiger partial charge on any atom is -0.465 e. The number of anilines is 1. The smallest absolute Gasteiger partial charge is 0.340 e. The van der Waals surface area contributed by atoms with Gasteiger partial charge >= 0.3 is 11.9 Å². The van der Waals surface area contributed by atoms with E-state index in [-0.39, 0.29) is 22.7 Å². The second kappa shape index (κ2) is 7.61. The lowest BCUT2D eigenvalue weighted by Gasteiger charge is -2.25. The van der Waals surface area contributed by atoms with Crippen LogP contribution in [0.3, 0.4) is 0 Å². The highest BCUT2D eigenvalue weighted by atomic mass is 16.5. The predicted molar refractivity (Wildman–Crippen MR) is 81.3 cm³/mol. The van der Waals surface area contributed by atoms with Gasteiger partial charge in [-0.3, -0.25) is 0 Å². The number of esters is 2. The SMILES string of the molecule is COC(=O)c1cc(NC2CCOCC2)c(C(=O)OC)cc1C#N. The summed E-state index contributed by atoms with van der Waals surface area (Å²) in [6, 6.07) is 4.83. The molecular formula is C16H18N2O5. The topological polar surface area (TPSA) is 97.7 Å². The Morgan fingerprint density at radius 2 is 1.78 bits per heavy atom. The van der Waals surface area contributed by atoms with Crippen LogP contribution in [0.25, 0.3) is 0 Å². The Balaban J connectivity index is 2.45. The van der Waals surface area contributed by atoms with Gasteiger partial charge in [-0.1, -0.05) is 0 Å². The van der Waals surface area contributed by atoms with Gasteiger partial charge in [0.25, 0.3) is 0 Å². The normalized spacial score (nSPS) is 14.7. The number of hydrogen-bond acceptors (Lipinski definition) is 7. The van der Waals surface area contributed by atoms with Crippen molar-refractivity contribution in [2.45, 2.75) is 18.9 Å². The Bertz CT molecular complexity index is 645. The summed E-state index contributed by atoms with van der Waals surface area (Å²) in [5.41, 5.74) is 0.832. The molecule has 0 aromatic heterocycles. The largest absolute Gasteiger partial charge is 0.465 e. The molecule has 0 radical (unpaired) electrons. The van der Waals surface area contributed by atoms with Gasteiger partial charge in [0, 0.05) is 24.9 Å². The molecule has 1 N–H and O–H groups in total. The second-order valence-electron chi connectivity index (χ2n) is 5.07. The molecule has 1 aliphatic rings. The first kappa shape index (κ1) is 16.8. The van der Waals surface area contributed by atoms with Gasteiger partial charge < -0.3 is 19.5 Å². The maximum Gasteiger partial charge on any atom is 0.340 e. The van der Waals surface area contributed by atoms with Gasteiger partial charge in [0.15, 0.2) is 0 Å². The molecule has 1 saturated heterocycles. The van der Waals surface area contributed by atoms with E-state index in [2.05, 4.69) is 5.32 Å². The lowest BCUT2D eigenvalue weighted by atomic mass is 10.0. The number of carbonyl (C=O) groups is 2. The van der Waals surface area contributed by atoms with Crippen LogP contribution in [0.5, 0.6) is 0 Å². The zero-order chi connectivity index (χ0) is 16.8. The predicted octanol–water partition coefficient (Wildman–Crippen LogP) is 1.72. The van der Waals surface area contributed by atoms with Gasteiger partial charge in [-0.15, -0.1) is 0 Å². The van der Waals surface area contributed by atoms with Crippen molar-refractivity contribution >= 4 is 17.6 Å². The Labute approximate surface area is 134 Å². The molecule has 7 nitrogen and oxygen atoms in total. The third-order valence-corrected chi connectivity index (χ3v) is 3.67. The highest BCUT2D eigenvalue weighted by Crippen LogP contribution is 2.25. The molecule has 1 aliphatic heterocycles. The minimum atomic E-state index is -0.631. The Morgan fingerprint density at radius 1 is 1.17 bits per heavy atom. The van der Waals surface area contributed by atoms with Crippen molar-refractivity contribution in [2.75, 3.05) is 32.8 Å². The number of hydrogen-bond donors (Lipinski definition) is 1. The summed E-state index contributed by atoms with van der Waals surface area (Å²) >= 11 is 0. The van der Waals surface area contributed by atoms with Crippen LogP contribution >= 0.6 is 0 Å². The fourth-order valence-corrected chi connectivity index (χ4v) is 2.43. The van der Waals surface area contributed by atoms with Crippen LogP contribution in [0.4, 0.5) is 5.69 Å². The van der Waals surface area contributed by atoms with Gasteiger partial charge in [-0.25, -0.2) is 9.59 Å². The number of carbonyl (C=O) groups excluding carboxylic acids is 2. The molecule has 0 amide bonds. The molecule has 2 rings (SSSR count). The van der Waals surface area contributed by atoms with Crippen LogP contribution in [0.15, 0.2) is 12.1 Å². The van der Waals surface area contributed by atoms with Crippen LogP contribution < -0.4 is 5.32 Å². The second-order valence-corrected chi connectivity index (χ2v) is 5.07. The summed E-state index contributed by atoms with van der Waals surface area (Å²) in [4.78, 5) is 23.8. The Kier molecular flexibility index (Phi) is 5.55. The van der Waals surface area contributed by atoms with E-state index in [1.165, 1.54) is 26.4 Å². The van der Waals surface area contributed by atoms with Crippen LogP contribution in [0.2, 0.25) is 0 Å². The van der Waals surface area contributed by atoms with Crippen LogP contribution in [-0.2, 0) is 14.2 Å². The van der Waals surface area contributed by atoms with E-state index in [1.807, 2.05) is 6.07 Å². The molecule has 122 valence electrons. The van der Waals surface area contributed by atoms with Crippen LogP contribution in [0, 0.1) is 11.3 Å². The van der Waals surface area contributed by atoms with Gasteiger partial charge in [-0.2, -0.15) is 5.26 Å². The number of nitrogens with one attached hydrogen (secondary N) is 1. The number of benzene rings is 1. The first-order chi connectivity index (χ1) is 11.1. The Morgan fingerprint density at radius 3 is 2.35 bits per heavy atom. The van der Waals surface area contributed by atoms with Crippen molar-refractivity contribution < 1.29 is 23.8 Å². The van der Waals surface area contributed by atoms with Crippen molar-refractivity contribution in [3.05, 3.63) is 28.8 Å². The van der Waals surface area contributed by atoms with Crippen molar-refractivity contribution in [1.82, 2.24) is 0 Å². The van der Waals surface area contributed by atoms with Crippen LogP contribution in [0.1, 0.15) is 39.1 Å². The molecule has 0 unspecified atom stereocenters. The van der Waals surface area contributed by atoms with Crippen molar-refractivity contribution in [2.24, 2.45) is 0 Å². The highest BCUT2D eigenvalue weighted by molar-refractivity contribution is 6.00. The number of rotatable bonds is 4. The first-order valence-corrected chi connectivity index (χ1v) is 7.19. The molecule has 1 aromatic carbocycles. The monoisotopic (exact) mass is 318 g/mol. The summed E-state index contributed by atoms with van der Waals surface area (Å²) in [6.07, 6.45) is 1.57. The first-order valence-electron chi connectivity index (χ1n) is 7.19. The van der Waals surface area contributed by atoms with E-state index in [4.69, 9.17) is 14.2 Å². The molecule has 7 heteroatoms. The van der Waals surface area contributed by atoms with E-state index in [1.54, 1.807) is 0 Å². The van der Waals surface area contributed by atoms with E-state index in [0.29, 0.717) is 18.9 Å². The summed E-state index contributed by atoms with van der Waals surface area (Å²) in [5.74, 6) is -1.21. The highest BCUT2D eigenvalue weighted by Gasteiger charge is 2.22. The standard InChI is InChI=1S/C16H18N2O5/c1-21-15(19)12-8-14(18-11-3-5-23-6-4-11)13(16(20)22-2)7-10(12)9-17/h7-8,11,18H,3-6H2,1-2H3. The van der Waals surface area contributed by atoms with E-state index >= 15 is 0 Å². The molecule has 1 aromatic rings. The molecule has 0 atom stereocenters. The summed E-state index contributed by atoms with van der Waals surface area (Å²) < 4.78 is 14.8. The third-order valence-electron chi connectivity index (χ3n) is 3.67. The number of nitriles is 1. The van der Waals surface area contributed by atoms with Gasteiger partial charge in [-0.05, 0) is 25.0 Å². The Hall–Kier alpha value is -2.59. The maximum absolute atomic E-state index is 12.0. The third kappa shape index (κ3) is 3.79. The summed E-state index contributed by atoms with van der Waals surface area (Å²) in [5, 5.41) is 12.4. The van der Waals surface area contributed by atoms with Gasteiger partial charge in [0.05, 0.1) is 30.9 Å². The molecule has 0 bridgehead atoms. The van der Waals surface area contributed by atoms with Gasteiger partial charge in [0.1, 0.15) is 6.07 Å². The quantitative estimate of drug-likeness (QED) is 0.844. The van der Waals surface area contributed by atoms with E-state index in [9.17, 15) is 14.9 Å². The number of methoxy groups -OCH3 is 2. The fraction of sp³-hybridized carbons (Fsp3) is 0.438. The zero-order valence-electron chi connectivity index (χ0n) is 13.0. The maximum atomic E-state index is 12.0. The fourth-order valence-electron chi connectivity index (χ4n) is 2.43. The van der Waals surface area contributed by atoms with Crippen molar-refractivity contribution in [3.8, 4) is 6.07 Å². The van der Waals surface area contributed by atoms with E-state index < -0.39 is 11.9 Å². The molecule has 0 spiro atoms. The molecule has 0 aliphatic carbocycles. The summed E-state index contributed by atoms with van der Waals surface area (Å²) in [6.45, 7) is 1.26. The van der Waals surface area contributed by atoms with Crippen molar-refractivity contribution in [1.29, 1.82) is 5.26 Å². The lowest BCUT2D eigenvalue weighted by Crippen LogP contribution is -2.29. The zero-order valence-corrected chi connectivity index (χ0v) is 13.0. The molecular weight excluding hydrogens is 300 g/mol.